The average molecular weight is 418 g/mol. The molecule has 8 nitrogen and oxygen atoms in total. The molecule has 0 radical (unpaired) electrons. The summed E-state index contributed by atoms with van der Waals surface area (Å²) < 4.78 is 59.9. The van der Waals surface area contributed by atoms with Gasteiger partial charge in [0.25, 0.3) is 0 Å². The average Bonchev–Trinajstić information content (AvgIpc) is 2.39. The van der Waals surface area contributed by atoms with Crippen molar-refractivity contribution in [3.63, 3.8) is 0 Å². The molecule has 28 heavy (non-hydrogen) atoms. The molecule has 0 aliphatic heterocycles. The van der Waals surface area contributed by atoms with Gasteiger partial charge in [-0.2, -0.15) is 13.1 Å². The molecule has 0 aromatic heterocycles. The molecule has 1 aromatic carbocycles. The van der Waals surface area contributed by atoms with E-state index in [1.807, 2.05) is 0 Å². The molecular formula is C17H20F2N2O6S. The molecular weight excluding hydrogens is 398 g/mol. The molecule has 1 amide bonds. The lowest BCUT2D eigenvalue weighted by Crippen LogP contribution is -2.50. The predicted molar refractivity (Wildman–Crippen MR) is 95.7 cm³/mol. The molecule has 0 fully saturated rings. The van der Waals surface area contributed by atoms with Crippen LogP contribution in [0.4, 0.5) is 13.6 Å². The van der Waals surface area contributed by atoms with E-state index in [4.69, 9.17) is 9.84 Å². The maximum atomic E-state index is 13.7. The first kappa shape index (κ1) is 23.3. The second kappa shape index (κ2) is 8.12. The Morgan fingerprint density at radius 1 is 1.11 bits per heavy atom. The summed E-state index contributed by atoms with van der Waals surface area (Å²) in [6, 6.07) is 1.42. The van der Waals surface area contributed by atoms with Crippen LogP contribution < -0.4 is 9.44 Å². The standard InChI is InChI=1S/C17H20F2N2O6S/c1-16(2,3)27-15(24)20-28(25,26)21-17(4,5)7-6-10-8-11(18)13(14(22)23)12(19)9-10/h8-9,21H,1-5H3,(H,20,24)(H,22,23). The molecule has 0 atom stereocenters. The number of halogens is 2. The van der Waals surface area contributed by atoms with Crippen LogP contribution in [0, 0.1) is 23.5 Å². The highest BCUT2D eigenvalue weighted by Crippen LogP contribution is 2.15. The molecule has 3 N–H and O–H groups in total. The number of benzene rings is 1. The fraction of sp³-hybridized carbons (Fsp3) is 0.412. The molecule has 0 saturated heterocycles. The van der Waals surface area contributed by atoms with Gasteiger partial charge >= 0.3 is 22.3 Å². The zero-order chi connectivity index (χ0) is 21.9. The van der Waals surface area contributed by atoms with Gasteiger partial charge in [0.1, 0.15) is 22.8 Å². The van der Waals surface area contributed by atoms with E-state index in [2.05, 4.69) is 16.6 Å². The van der Waals surface area contributed by atoms with Crippen LogP contribution in [0.1, 0.15) is 50.5 Å². The van der Waals surface area contributed by atoms with E-state index in [0.717, 1.165) is 0 Å². The number of hydrogen-bond donors (Lipinski definition) is 3. The van der Waals surface area contributed by atoms with Gasteiger partial charge < -0.3 is 9.84 Å². The van der Waals surface area contributed by atoms with E-state index in [1.165, 1.54) is 13.8 Å². The molecule has 0 unspecified atom stereocenters. The Labute approximate surface area is 161 Å². The van der Waals surface area contributed by atoms with Gasteiger partial charge in [0, 0.05) is 5.56 Å². The number of aromatic carboxylic acids is 1. The molecule has 0 aliphatic carbocycles. The molecule has 0 spiro atoms. The molecule has 0 aliphatic rings. The molecule has 0 bridgehead atoms. The van der Waals surface area contributed by atoms with Gasteiger partial charge in [0.15, 0.2) is 0 Å². The fourth-order valence-electron chi connectivity index (χ4n) is 1.87. The van der Waals surface area contributed by atoms with Crippen LogP contribution >= 0.6 is 0 Å². The van der Waals surface area contributed by atoms with E-state index in [0.29, 0.717) is 12.1 Å². The number of hydrogen-bond acceptors (Lipinski definition) is 5. The largest absolute Gasteiger partial charge is 0.477 e. The number of carbonyl (C=O) groups is 2. The minimum atomic E-state index is -4.35. The van der Waals surface area contributed by atoms with E-state index in [-0.39, 0.29) is 5.56 Å². The Kier molecular flexibility index (Phi) is 6.76. The first-order valence-electron chi connectivity index (χ1n) is 7.81. The molecule has 1 rings (SSSR count). The summed E-state index contributed by atoms with van der Waals surface area (Å²) in [4.78, 5) is 22.3. The Morgan fingerprint density at radius 3 is 2.04 bits per heavy atom. The van der Waals surface area contributed by atoms with Gasteiger partial charge in [-0.05, 0) is 46.8 Å². The summed E-state index contributed by atoms with van der Waals surface area (Å²) in [5, 5.41) is 8.73. The van der Waals surface area contributed by atoms with Crippen molar-refractivity contribution in [3.8, 4) is 11.8 Å². The third-order valence-electron chi connectivity index (χ3n) is 2.78. The lowest BCUT2D eigenvalue weighted by Gasteiger charge is -2.22. The maximum absolute atomic E-state index is 13.7. The lowest BCUT2D eigenvalue weighted by molar-refractivity contribution is 0.0568. The monoisotopic (exact) mass is 418 g/mol. The van der Waals surface area contributed by atoms with Crippen LogP contribution in [0.3, 0.4) is 0 Å². The van der Waals surface area contributed by atoms with Crippen molar-refractivity contribution < 1.29 is 36.6 Å². The van der Waals surface area contributed by atoms with E-state index < -0.39 is 50.6 Å². The van der Waals surface area contributed by atoms with Crippen molar-refractivity contribution in [2.24, 2.45) is 0 Å². The van der Waals surface area contributed by atoms with Crippen LogP contribution in [0.15, 0.2) is 12.1 Å². The van der Waals surface area contributed by atoms with Crippen molar-refractivity contribution in [1.29, 1.82) is 0 Å². The fourth-order valence-corrected chi connectivity index (χ4v) is 2.91. The quantitative estimate of drug-likeness (QED) is 0.644. The molecule has 11 heteroatoms. The molecule has 0 heterocycles. The van der Waals surface area contributed by atoms with Gasteiger partial charge in [0.05, 0.1) is 5.54 Å². The number of rotatable bonds is 4. The first-order valence-corrected chi connectivity index (χ1v) is 9.30. The van der Waals surface area contributed by atoms with Crippen LogP contribution in [-0.4, -0.2) is 36.7 Å². The van der Waals surface area contributed by atoms with Gasteiger partial charge in [-0.3, -0.25) is 0 Å². The summed E-state index contributed by atoms with van der Waals surface area (Å²) in [5.74, 6) is 0.393. The molecule has 1 aromatic rings. The Bertz CT molecular complexity index is 933. The molecule has 154 valence electrons. The van der Waals surface area contributed by atoms with Gasteiger partial charge in [-0.1, -0.05) is 11.8 Å². The topological polar surface area (TPSA) is 122 Å². The maximum Gasteiger partial charge on any atom is 0.422 e. The Morgan fingerprint density at radius 2 is 1.61 bits per heavy atom. The van der Waals surface area contributed by atoms with Crippen molar-refractivity contribution in [2.75, 3.05) is 0 Å². The highest BCUT2D eigenvalue weighted by molar-refractivity contribution is 7.88. The van der Waals surface area contributed by atoms with E-state index in [9.17, 15) is 26.8 Å². The minimum Gasteiger partial charge on any atom is -0.477 e. The zero-order valence-corrected chi connectivity index (χ0v) is 16.6. The van der Waals surface area contributed by atoms with Crippen molar-refractivity contribution in [1.82, 2.24) is 9.44 Å². The second-order valence-electron chi connectivity index (χ2n) is 7.20. The smallest absolute Gasteiger partial charge is 0.422 e. The first-order chi connectivity index (χ1) is 12.5. The number of carboxylic acids is 1. The van der Waals surface area contributed by atoms with E-state index in [1.54, 1.807) is 25.5 Å². The van der Waals surface area contributed by atoms with Crippen LogP contribution in [-0.2, 0) is 14.9 Å². The summed E-state index contributed by atoms with van der Waals surface area (Å²) in [6.07, 6.45) is -1.20. The summed E-state index contributed by atoms with van der Waals surface area (Å²) in [5.41, 5.74) is -3.68. The normalized spacial score (nSPS) is 12.0. The Hall–Kier alpha value is -2.71. The van der Waals surface area contributed by atoms with Gasteiger partial charge in [0.2, 0.25) is 0 Å². The highest BCUT2D eigenvalue weighted by Gasteiger charge is 2.27. The number of carboxylic acid groups (broad SMARTS) is 1. The third kappa shape index (κ3) is 7.50. The van der Waals surface area contributed by atoms with Crippen molar-refractivity contribution in [2.45, 2.75) is 45.8 Å². The number of carbonyl (C=O) groups excluding carboxylic acids is 1. The zero-order valence-electron chi connectivity index (χ0n) is 15.8. The van der Waals surface area contributed by atoms with Gasteiger partial charge in [-0.15, -0.1) is 0 Å². The lowest BCUT2D eigenvalue weighted by atomic mass is 10.1. The Balaban J connectivity index is 2.99. The number of nitrogens with one attached hydrogen (secondary N) is 2. The number of amides is 1. The van der Waals surface area contributed by atoms with Crippen LogP contribution in [0.5, 0.6) is 0 Å². The van der Waals surface area contributed by atoms with Crippen molar-refractivity contribution in [3.05, 3.63) is 34.9 Å². The van der Waals surface area contributed by atoms with Crippen molar-refractivity contribution >= 4 is 22.3 Å². The SMILES string of the molecule is CC(C)(C#Cc1cc(F)c(C(=O)O)c(F)c1)NS(=O)(=O)NC(=O)OC(C)(C)C. The second-order valence-corrected chi connectivity index (χ2v) is 8.62. The predicted octanol–water partition coefficient (Wildman–Crippen LogP) is 2.15. The highest BCUT2D eigenvalue weighted by atomic mass is 32.2. The molecule has 0 saturated carbocycles. The summed E-state index contributed by atoms with van der Waals surface area (Å²) >= 11 is 0. The van der Waals surface area contributed by atoms with Gasteiger partial charge in [-0.25, -0.2) is 23.1 Å². The number of ether oxygens (including phenoxy) is 1. The van der Waals surface area contributed by atoms with E-state index >= 15 is 0 Å². The van der Waals surface area contributed by atoms with Crippen LogP contribution in [0.25, 0.3) is 0 Å². The third-order valence-corrected chi connectivity index (χ3v) is 4.00. The minimum absolute atomic E-state index is 0.202. The van der Waals surface area contributed by atoms with Crippen LogP contribution in [0.2, 0.25) is 0 Å². The summed E-state index contributed by atoms with van der Waals surface area (Å²) in [6.45, 7) is 7.33. The summed E-state index contributed by atoms with van der Waals surface area (Å²) in [7, 11) is -4.35.